The van der Waals surface area contributed by atoms with Gasteiger partial charge in [0.05, 0.1) is 25.4 Å². The predicted octanol–water partition coefficient (Wildman–Crippen LogP) is 4.15. The molecule has 0 radical (unpaired) electrons. The maximum Gasteiger partial charge on any atom is 0.272 e. The number of amides is 2. The van der Waals surface area contributed by atoms with Crippen LogP contribution in [0.2, 0.25) is 5.02 Å². The van der Waals surface area contributed by atoms with Crippen molar-refractivity contribution in [3.05, 3.63) is 70.9 Å². The molecule has 0 saturated carbocycles. The molecule has 2 heterocycles. The average Bonchev–Trinajstić information content (AvgIpc) is 3.26. The molecule has 0 unspecified atom stereocenters. The summed E-state index contributed by atoms with van der Waals surface area (Å²) in [6.45, 7) is 4.22. The Kier molecular flexibility index (Phi) is 7.29. The lowest BCUT2D eigenvalue weighted by molar-refractivity contribution is -0.122. The van der Waals surface area contributed by atoms with Gasteiger partial charge in [-0.25, -0.2) is 0 Å². The zero-order valence-electron chi connectivity index (χ0n) is 18.6. The third kappa shape index (κ3) is 5.73. The van der Waals surface area contributed by atoms with Gasteiger partial charge in [-0.1, -0.05) is 49.2 Å². The van der Waals surface area contributed by atoms with Crippen LogP contribution in [0.1, 0.15) is 35.8 Å². The van der Waals surface area contributed by atoms with Gasteiger partial charge in [0.15, 0.2) is 0 Å². The van der Waals surface area contributed by atoms with E-state index < -0.39 is 0 Å². The van der Waals surface area contributed by atoms with E-state index in [9.17, 15) is 9.59 Å². The molecule has 0 spiro atoms. The summed E-state index contributed by atoms with van der Waals surface area (Å²) in [7, 11) is 0. The Morgan fingerprint density at radius 2 is 1.88 bits per heavy atom. The number of unbranched alkanes of at least 4 members (excludes halogenated alkanes) is 1. The van der Waals surface area contributed by atoms with E-state index in [2.05, 4.69) is 17.3 Å². The Labute approximate surface area is 198 Å². The minimum Gasteiger partial charge on any atom is -0.494 e. The molecule has 1 aliphatic heterocycles. The fourth-order valence-electron chi connectivity index (χ4n) is 3.62. The molecular formula is C25H27ClN4O3. The number of rotatable bonds is 9. The van der Waals surface area contributed by atoms with Gasteiger partial charge in [0, 0.05) is 23.7 Å². The number of nitrogens with one attached hydrogen (secondary N) is 1. The lowest BCUT2D eigenvalue weighted by atomic mass is 10.1. The van der Waals surface area contributed by atoms with E-state index >= 15 is 0 Å². The molecule has 0 saturated heterocycles. The third-order valence-corrected chi connectivity index (χ3v) is 5.77. The van der Waals surface area contributed by atoms with Crippen molar-refractivity contribution in [3.63, 3.8) is 0 Å². The summed E-state index contributed by atoms with van der Waals surface area (Å²) < 4.78 is 7.36. The summed E-state index contributed by atoms with van der Waals surface area (Å²) in [5.74, 6) is 0.433. The molecule has 1 aliphatic rings. The highest BCUT2D eigenvalue weighted by molar-refractivity contribution is 6.30. The van der Waals surface area contributed by atoms with Gasteiger partial charge in [-0.15, -0.1) is 0 Å². The van der Waals surface area contributed by atoms with Crippen LogP contribution >= 0.6 is 11.6 Å². The van der Waals surface area contributed by atoms with Gasteiger partial charge in [0.2, 0.25) is 5.91 Å². The van der Waals surface area contributed by atoms with Crippen LogP contribution in [0, 0.1) is 0 Å². The summed E-state index contributed by atoms with van der Waals surface area (Å²) >= 11 is 5.96. The zero-order chi connectivity index (χ0) is 23.2. The van der Waals surface area contributed by atoms with Crippen molar-refractivity contribution < 1.29 is 14.3 Å². The molecule has 172 valence electrons. The van der Waals surface area contributed by atoms with E-state index in [1.165, 1.54) is 0 Å². The van der Waals surface area contributed by atoms with Gasteiger partial charge < -0.3 is 15.0 Å². The second-order valence-electron chi connectivity index (χ2n) is 7.99. The van der Waals surface area contributed by atoms with Gasteiger partial charge in [-0.3, -0.25) is 14.3 Å². The molecule has 1 aromatic heterocycles. The first-order valence-corrected chi connectivity index (χ1v) is 11.5. The largest absolute Gasteiger partial charge is 0.494 e. The summed E-state index contributed by atoms with van der Waals surface area (Å²) in [4.78, 5) is 27.0. The van der Waals surface area contributed by atoms with E-state index in [0.717, 1.165) is 29.7 Å². The van der Waals surface area contributed by atoms with E-state index in [0.29, 0.717) is 42.7 Å². The Morgan fingerprint density at radius 1 is 1.12 bits per heavy atom. The van der Waals surface area contributed by atoms with E-state index in [1.54, 1.807) is 27.8 Å². The van der Waals surface area contributed by atoms with Gasteiger partial charge in [0.25, 0.3) is 5.91 Å². The second kappa shape index (κ2) is 10.5. The summed E-state index contributed by atoms with van der Waals surface area (Å²) in [5, 5.41) is 8.07. The molecule has 8 heteroatoms. The maximum absolute atomic E-state index is 12.9. The molecule has 7 nitrogen and oxygen atoms in total. The average molecular weight is 467 g/mol. The summed E-state index contributed by atoms with van der Waals surface area (Å²) in [5.41, 5.74) is 3.06. The van der Waals surface area contributed by atoms with E-state index in [1.807, 2.05) is 36.4 Å². The van der Waals surface area contributed by atoms with Crippen LogP contribution < -0.4 is 10.1 Å². The maximum atomic E-state index is 12.9. The van der Waals surface area contributed by atoms with Crippen LogP contribution in [0.4, 0.5) is 0 Å². The molecule has 33 heavy (non-hydrogen) atoms. The number of ether oxygens (including phenoxy) is 1. The number of halogens is 1. The van der Waals surface area contributed by atoms with Crippen molar-refractivity contribution in [3.8, 4) is 17.0 Å². The van der Waals surface area contributed by atoms with Gasteiger partial charge >= 0.3 is 0 Å². The highest BCUT2D eigenvalue weighted by atomic mass is 35.5. The smallest absolute Gasteiger partial charge is 0.272 e. The number of carbonyl (C=O) groups excluding carboxylic acids is 2. The van der Waals surface area contributed by atoms with E-state index in [4.69, 9.17) is 16.3 Å². The van der Waals surface area contributed by atoms with Crippen molar-refractivity contribution in [2.75, 3.05) is 19.7 Å². The molecule has 1 N–H and O–H groups in total. The van der Waals surface area contributed by atoms with Crippen molar-refractivity contribution in [1.82, 2.24) is 20.0 Å². The molecular weight excluding hydrogens is 440 g/mol. The fourth-order valence-corrected chi connectivity index (χ4v) is 3.74. The molecule has 2 amide bonds. The number of hydrogen-bond donors (Lipinski definition) is 1. The third-order valence-electron chi connectivity index (χ3n) is 5.52. The second-order valence-corrected chi connectivity index (χ2v) is 8.43. The fraction of sp³-hybridized carbons (Fsp3) is 0.320. The monoisotopic (exact) mass is 466 g/mol. The first kappa shape index (κ1) is 22.9. The number of hydrogen-bond acceptors (Lipinski definition) is 4. The van der Waals surface area contributed by atoms with Crippen molar-refractivity contribution >= 4 is 23.4 Å². The lowest BCUT2D eigenvalue weighted by Crippen LogP contribution is -2.45. The molecule has 4 rings (SSSR count). The summed E-state index contributed by atoms with van der Waals surface area (Å²) in [6, 6.07) is 16.8. The van der Waals surface area contributed by atoms with Gasteiger partial charge in [-0.2, -0.15) is 5.10 Å². The quantitative estimate of drug-likeness (QED) is 0.480. The normalized spacial score (nSPS) is 13.0. The van der Waals surface area contributed by atoms with Crippen LogP contribution in [0.25, 0.3) is 11.3 Å². The number of carbonyl (C=O) groups is 2. The molecule has 0 fully saturated rings. The van der Waals surface area contributed by atoms with Crippen LogP contribution in [0.3, 0.4) is 0 Å². The predicted molar refractivity (Wildman–Crippen MR) is 127 cm³/mol. The Bertz CT molecular complexity index is 1110. The minimum absolute atomic E-state index is 0.0124. The number of nitrogens with zero attached hydrogens (tertiary/aromatic N) is 3. The standard InChI is InChI=1S/C25H27ClN4O3/c1-2-3-14-33-21-10-4-18(5-11-21)16-27-24(31)17-29-12-13-30-23(25(29)32)15-22(28-30)19-6-8-20(26)9-7-19/h4-11,15H,2-3,12-14,16-17H2,1H3,(H,27,31). The van der Waals surface area contributed by atoms with E-state index in [-0.39, 0.29) is 18.4 Å². The molecule has 0 bridgehead atoms. The zero-order valence-corrected chi connectivity index (χ0v) is 19.3. The Morgan fingerprint density at radius 3 is 2.61 bits per heavy atom. The molecule has 0 aliphatic carbocycles. The van der Waals surface area contributed by atoms with Crippen LogP contribution in [0.5, 0.6) is 5.75 Å². The highest BCUT2D eigenvalue weighted by Crippen LogP contribution is 2.23. The van der Waals surface area contributed by atoms with Crippen LogP contribution in [-0.2, 0) is 17.9 Å². The minimum atomic E-state index is -0.197. The molecule has 3 aromatic rings. The van der Waals surface area contributed by atoms with Crippen molar-refractivity contribution in [1.29, 1.82) is 0 Å². The lowest BCUT2D eigenvalue weighted by Gasteiger charge is -2.26. The Hall–Kier alpha value is -3.32. The number of aromatic nitrogens is 2. The SMILES string of the molecule is CCCCOc1ccc(CNC(=O)CN2CCn3nc(-c4ccc(Cl)cc4)cc3C2=O)cc1. The van der Waals surface area contributed by atoms with Crippen molar-refractivity contribution in [2.24, 2.45) is 0 Å². The topological polar surface area (TPSA) is 76.5 Å². The summed E-state index contributed by atoms with van der Waals surface area (Å²) in [6.07, 6.45) is 2.12. The van der Waals surface area contributed by atoms with Crippen LogP contribution in [-0.4, -0.2) is 46.2 Å². The van der Waals surface area contributed by atoms with Gasteiger partial charge in [0.1, 0.15) is 11.4 Å². The van der Waals surface area contributed by atoms with Crippen LogP contribution in [0.15, 0.2) is 54.6 Å². The van der Waals surface area contributed by atoms with Crippen molar-refractivity contribution in [2.45, 2.75) is 32.9 Å². The number of fused-ring (bicyclic) bond motifs is 1. The first-order valence-electron chi connectivity index (χ1n) is 11.1. The molecule has 0 atom stereocenters. The highest BCUT2D eigenvalue weighted by Gasteiger charge is 2.28. The molecule has 2 aromatic carbocycles. The number of benzene rings is 2. The van der Waals surface area contributed by atoms with Gasteiger partial charge in [-0.05, 0) is 42.3 Å². The Balaban J connectivity index is 1.30. The first-order chi connectivity index (χ1) is 16.0.